The highest BCUT2D eigenvalue weighted by molar-refractivity contribution is 8.00. The predicted octanol–water partition coefficient (Wildman–Crippen LogP) is 2.44. The van der Waals surface area contributed by atoms with E-state index in [2.05, 4.69) is 48.7 Å². The number of hydrogen-bond acceptors (Lipinski definition) is 3. The fraction of sp³-hybridized carbons (Fsp3) is 0.571. The number of hydrogen-bond donors (Lipinski definition) is 1. The highest BCUT2D eigenvalue weighted by atomic mass is 32.2. The second-order valence-electron chi connectivity index (χ2n) is 4.78. The molecule has 3 heteroatoms. The third kappa shape index (κ3) is 3.17. The van der Waals surface area contributed by atoms with Gasteiger partial charge in [-0.05, 0) is 43.1 Å². The SMILES string of the molecule is Cc1cc(N2CCSC(C)C2)ccc1CCN. The smallest absolute Gasteiger partial charge is 0.0369 e. The van der Waals surface area contributed by atoms with Gasteiger partial charge in [0, 0.05) is 29.8 Å². The lowest BCUT2D eigenvalue weighted by Crippen LogP contribution is -2.36. The maximum absolute atomic E-state index is 5.62. The van der Waals surface area contributed by atoms with Crippen LogP contribution in [0.25, 0.3) is 0 Å². The van der Waals surface area contributed by atoms with Gasteiger partial charge in [-0.1, -0.05) is 13.0 Å². The molecule has 17 heavy (non-hydrogen) atoms. The van der Waals surface area contributed by atoms with Crippen molar-refractivity contribution in [1.82, 2.24) is 0 Å². The summed E-state index contributed by atoms with van der Waals surface area (Å²) in [7, 11) is 0. The molecule has 2 rings (SSSR count). The highest BCUT2D eigenvalue weighted by Gasteiger charge is 2.17. The van der Waals surface area contributed by atoms with Crippen LogP contribution >= 0.6 is 11.8 Å². The Morgan fingerprint density at radius 3 is 2.94 bits per heavy atom. The number of rotatable bonds is 3. The molecule has 0 saturated carbocycles. The predicted molar refractivity (Wildman–Crippen MR) is 78.1 cm³/mol. The first-order chi connectivity index (χ1) is 8.20. The summed E-state index contributed by atoms with van der Waals surface area (Å²) in [5.74, 6) is 1.24. The van der Waals surface area contributed by atoms with Gasteiger partial charge < -0.3 is 10.6 Å². The van der Waals surface area contributed by atoms with Crippen LogP contribution in [-0.2, 0) is 6.42 Å². The maximum atomic E-state index is 5.62. The van der Waals surface area contributed by atoms with Crippen LogP contribution in [0.15, 0.2) is 18.2 Å². The third-order valence-corrected chi connectivity index (χ3v) is 4.48. The molecule has 1 aromatic carbocycles. The van der Waals surface area contributed by atoms with E-state index in [-0.39, 0.29) is 0 Å². The van der Waals surface area contributed by atoms with Crippen molar-refractivity contribution in [2.24, 2.45) is 5.73 Å². The highest BCUT2D eigenvalue weighted by Crippen LogP contribution is 2.25. The van der Waals surface area contributed by atoms with E-state index in [9.17, 15) is 0 Å². The van der Waals surface area contributed by atoms with E-state index in [0.29, 0.717) is 0 Å². The molecular weight excluding hydrogens is 228 g/mol. The van der Waals surface area contributed by atoms with Gasteiger partial charge in [-0.25, -0.2) is 0 Å². The first kappa shape index (κ1) is 12.8. The molecule has 1 atom stereocenters. The first-order valence-electron chi connectivity index (χ1n) is 6.37. The topological polar surface area (TPSA) is 29.3 Å². The molecule has 1 fully saturated rings. The standard InChI is InChI=1S/C14H22N2S/c1-11-9-14(4-3-13(11)5-6-15)16-7-8-17-12(2)10-16/h3-4,9,12H,5-8,10,15H2,1-2H3. The molecule has 1 aliphatic rings. The maximum Gasteiger partial charge on any atom is 0.0369 e. The summed E-state index contributed by atoms with van der Waals surface area (Å²) < 4.78 is 0. The quantitative estimate of drug-likeness (QED) is 0.893. The molecule has 94 valence electrons. The second kappa shape index (κ2) is 5.78. The van der Waals surface area contributed by atoms with E-state index in [1.54, 1.807) is 0 Å². The van der Waals surface area contributed by atoms with Gasteiger partial charge in [-0.3, -0.25) is 0 Å². The molecule has 0 spiro atoms. The first-order valence-corrected chi connectivity index (χ1v) is 7.41. The van der Waals surface area contributed by atoms with Gasteiger partial charge >= 0.3 is 0 Å². The van der Waals surface area contributed by atoms with Crippen LogP contribution in [0.4, 0.5) is 5.69 Å². The van der Waals surface area contributed by atoms with Crippen molar-refractivity contribution in [3.8, 4) is 0 Å². The van der Waals surface area contributed by atoms with Crippen molar-refractivity contribution >= 4 is 17.4 Å². The number of benzene rings is 1. The summed E-state index contributed by atoms with van der Waals surface area (Å²) >= 11 is 2.07. The van der Waals surface area contributed by atoms with Crippen molar-refractivity contribution < 1.29 is 0 Å². The molecule has 0 amide bonds. The zero-order chi connectivity index (χ0) is 12.3. The van der Waals surface area contributed by atoms with Gasteiger partial charge in [-0.2, -0.15) is 11.8 Å². The molecule has 1 unspecified atom stereocenters. The summed E-state index contributed by atoms with van der Waals surface area (Å²) in [6.45, 7) is 7.58. The fourth-order valence-corrected chi connectivity index (χ4v) is 3.38. The molecular formula is C14H22N2S. The third-order valence-electron chi connectivity index (χ3n) is 3.35. The largest absolute Gasteiger partial charge is 0.370 e. The van der Waals surface area contributed by atoms with Crippen LogP contribution in [0.1, 0.15) is 18.1 Å². The molecule has 2 nitrogen and oxygen atoms in total. The van der Waals surface area contributed by atoms with Crippen molar-refractivity contribution in [2.45, 2.75) is 25.5 Å². The lowest BCUT2D eigenvalue weighted by molar-refractivity contribution is 0.782. The molecule has 1 heterocycles. The van der Waals surface area contributed by atoms with E-state index in [1.807, 2.05) is 0 Å². The molecule has 0 aliphatic carbocycles. The van der Waals surface area contributed by atoms with Gasteiger partial charge in [0.2, 0.25) is 0 Å². The average Bonchev–Trinajstić information content (AvgIpc) is 2.32. The van der Waals surface area contributed by atoms with Crippen LogP contribution in [0.2, 0.25) is 0 Å². The molecule has 0 aromatic heterocycles. The Hall–Kier alpha value is -0.670. The zero-order valence-corrected chi connectivity index (χ0v) is 11.6. The van der Waals surface area contributed by atoms with Crippen molar-refractivity contribution in [3.63, 3.8) is 0 Å². The molecule has 2 N–H and O–H groups in total. The Labute approximate surface area is 109 Å². The summed E-state index contributed by atoms with van der Waals surface area (Å²) in [5, 5.41) is 0.743. The van der Waals surface area contributed by atoms with E-state index in [1.165, 1.54) is 35.7 Å². The average molecular weight is 250 g/mol. The fourth-order valence-electron chi connectivity index (χ4n) is 2.37. The summed E-state index contributed by atoms with van der Waals surface area (Å²) in [4.78, 5) is 2.50. The van der Waals surface area contributed by atoms with E-state index < -0.39 is 0 Å². The lowest BCUT2D eigenvalue weighted by atomic mass is 10.0. The Morgan fingerprint density at radius 1 is 1.47 bits per heavy atom. The Bertz CT molecular complexity index is 378. The van der Waals surface area contributed by atoms with Crippen molar-refractivity contribution in [2.75, 3.05) is 30.3 Å². The minimum absolute atomic E-state index is 0.734. The minimum atomic E-state index is 0.734. The summed E-state index contributed by atoms with van der Waals surface area (Å²) in [6, 6.07) is 6.80. The number of anilines is 1. The zero-order valence-electron chi connectivity index (χ0n) is 10.8. The van der Waals surface area contributed by atoms with Gasteiger partial charge in [0.15, 0.2) is 0 Å². The molecule has 0 radical (unpaired) electrons. The molecule has 1 aromatic rings. The number of thioether (sulfide) groups is 1. The number of nitrogens with two attached hydrogens (primary N) is 1. The van der Waals surface area contributed by atoms with Gasteiger partial charge in [0.25, 0.3) is 0 Å². The lowest BCUT2D eigenvalue weighted by Gasteiger charge is -2.32. The van der Waals surface area contributed by atoms with Gasteiger partial charge in [0.05, 0.1) is 0 Å². The Balaban J connectivity index is 2.13. The Morgan fingerprint density at radius 2 is 2.29 bits per heavy atom. The number of nitrogens with zero attached hydrogens (tertiary/aromatic N) is 1. The number of aryl methyl sites for hydroxylation is 1. The minimum Gasteiger partial charge on any atom is -0.370 e. The normalized spacial score (nSPS) is 20.6. The van der Waals surface area contributed by atoms with E-state index in [4.69, 9.17) is 5.73 Å². The molecule has 0 bridgehead atoms. The Kier molecular flexibility index (Phi) is 4.35. The summed E-state index contributed by atoms with van der Waals surface area (Å²) in [6.07, 6.45) is 0.984. The van der Waals surface area contributed by atoms with Gasteiger partial charge in [-0.15, -0.1) is 0 Å². The van der Waals surface area contributed by atoms with Crippen LogP contribution in [0.5, 0.6) is 0 Å². The summed E-state index contributed by atoms with van der Waals surface area (Å²) in [5.41, 5.74) is 9.74. The van der Waals surface area contributed by atoms with Crippen molar-refractivity contribution in [1.29, 1.82) is 0 Å². The van der Waals surface area contributed by atoms with Crippen LogP contribution in [-0.4, -0.2) is 30.6 Å². The van der Waals surface area contributed by atoms with Gasteiger partial charge in [0.1, 0.15) is 0 Å². The molecule has 1 aliphatic heterocycles. The van der Waals surface area contributed by atoms with Crippen LogP contribution < -0.4 is 10.6 Å². The van der Waals surface area contributed by atoms with Crippen LogP contribution in [0, 0.1) is 6.92 Å². The van der Waals surface area contributed by atoms with E-state index in [0.717, 1.165) is 18.2 Å². The van der Waals surface area contributed by atoms with Crippen molar-refractivity contribution in [3.05, 3.63) is 29.3 Å². The monoisotopic (exact) mass is 250 g/mol. The van der Waals surface area contributed by atoms with E-state index >= 15 is 0 Å². The second-order valence-corrected chi connectivity index (χ2v) is 6.32. The van der Waals surface area contributed by atoms with Crippen LogP contribution in [0.3, 0.4) is 0 Å². The molecule has 1 saturated heterocycles.